The Kier molecular flexibility index (Phi) is 10.5. The van der Waals surface area contributed by atoms with Crippen molar-refractivity contribution in [2.24, 2.45) is 0 Å². The molecule has 3 aromatic carbocycles. The van der Waals surface area contributed by atoms with Crippen LogP contribution in [0.25, 0.3) is 0 Å². The van der Waals surface area contributed by atoms with Crippen molar-refractivity contribution in [2.45, 2.75) is 30.9 Å². The van der Waals surface area contributed by atoms with Crippen LogP contribution in [0, 0.1) is 6.92 Å². The van der Waals surface area contributed by atoms with Gasteiger partial charge >= 0.3 is 11.9 Å². The quantitative estimate of drug-likeness (QED) is 0.107. The van der Waals surface area contributed by atoms with Crippen molar-refractivity contribution in [1.82, 2.24) is 0 Å². The maximum Gasteiger partial charge on any atom is 0.341 e. The molecule has 0 aliphatic rings. The monoisotopic (exact) mass is 631 g/mol. The number of hydrogen-bond donors (Lipinski definition) is 4. The van der Waals surface area contributed by atoms with Gasteiger partial charge in [0.1, 0.15) is 5.00 Å². The van der Waals surface area contributed by atoms with Crippen LogP contribution in [0.4, 0.5) is 16.4 Å². The van der Waals surface area contributed by atoms with Crippen LogP contribution in [0.2, 0.25) is 0 Å². The molecular formula is C32H29N3O7S2. The van der Waals surface area contributed by atoms with Crippen molar-refractivity contribution < 1.29 is 33.8 Å². The van der Waals surface area contributed by atoms with E-state index in [9.17, 15) is 29.1 Å². The van der Waals surface area contributed by atoms with Crippen molar-refractivity contribution in [3.63, 3.8) is 0 Å². The van der Waals surface area contributed by atoms with Crippen LogP contribution in [-0.4, -0.2) is 46.6 Å². The first kappa shape index (κ1) is 32.0. The number of carboxylic acid groups (broad SMARTS) is 1. The smallest absolute Gasteiger partial charge is 0.341 e. The predicted molar refractivity (Wildman–Crippen MR) is 171 cm³/mol. The number of para-hydroxylation sites is 1. The summed E-state index contributed by atoms with van der Waals surface area (Å²) in [5, 5.41) is 17.2. The zero-order chi connectivity index (χ0) is 31.8. The summed E-state index contributed by atoms with van der Waals surface area (Å²) in [6.07, 6.45) is 0. The fourth-order valence-electron chi connectivity index (χ4n) is 4.16. The van der Waals surface area contributed by atoms with E-state index in [2.05, 4.69) is 16.0 Å². The van der Waals surface area contributed by atoms with E-state index in [0.717, 1.165) is 11.3 Å². The summed E-state index contributed by atoms with van der Waals surface area (Å²) >= 11 is 2.20. The highest BCUT2D eigenvalue weighted by molar-refractivity contribution is 8.00. The van der Waals surface area contributed by atoms with E-state index in [1.165, 1.54) is 30.0 Å². The van der Waals surface area contributed by atoms with Crippen LogP contribution < -0.4 is 16.0 Å². The molecule has 0 spiro atoms. The SMILES string of the molecule is CCOC(=O)c1c(NC(=O)C(C)Sc2cccc(NC(=O)c3ccccc3C(=O)O)c2)sc(C(=O)Nc2ccccc2)c1C. The maximum atomic E-state index is 13.3. The third kappa shape index (κ3) is 7.71. The maximum absolute atomic E-state index is 13.3. The van der Waals surface area contributed by atoms with Crippen molar-refractivity contribution in [3.8, 4) is 0 Å². The van der Waals surface area contributed by atoms with Crippen molar-refractivity contribution in [3.05, 3.63) is 106 Å². The van der Waals surface area contributed by atoms with Gasteiger partial charge < -0.3 is 25.8 Å². The van der Waals surface area contributed by atoms with E-state index in [0.29, 0.717) is 21.8 Å². The average Bonchev–Trinajstić information content (AvgIpc) is 3.33. The molecule has 4 N–H and O–H groups in total. The second kappa shape index (κ2) is 14.5. The standard InChI is InChI=1S/C32H29N3O7S2/c1-4-42-32(41)25-18(2)26(29(38)33-20-11-6-5-7-12-20)44-30(25)35-27(36)19(3)43-22-14-10-13-21(17-22)34-28(37)23-15-8-9-16-24(23)31(39)40/h5-17,19H,4H2,1-3H3,(H,33,38)(H,34,37)(H,35,36)(H,39,40). The minimum Gasteiger partial charge on any atom is -0.478 e. The lowest BCUT2D eigenvalue weighted by Crippen LogP contribution is -2.23. The number of thiophene rings is 1. The number of thioether (sulfide) groups is 1. The van der Waals surface area contributed by atoms with E-state index >= 15 is 0 Å². The zero-order valence-electron chi connectivity index (χ0n) is 24.0. The van der Waals surface area contributed by atoms with E-state index in [1.807, 2.05) is 6.07 Å². The Morgan fingerprint density at radius 1 is 0.841 bits per heavy atom. The molecule has 0 aliphatic carbocycles. The molecule has 0 fully saturated rings. The van der Waals surface area contributed by atoms with Crippen molar-refractivity contribution >= 4 is 69.1 Å². The number of hydrogen-bond acceptors (Lipinski definition) is 8. The number of carboxylic acids is 1. The molecule has 1 aromatic heterocycles. The number of rotatable bonds is 11. The summed E-state index contributed by atoms with van der Waals surface area (Å²) in [6.45, 7) is 5.10. The summed E-state index contributed by atoms with van der Waals surface area (Å²) in [5.41, 5.74) is 1.42. The molecule has 4 rings (SSSR count). The number of nitrogens with one attached hydrogen (secondary N) is 3. The van der Waals surface area contributed by atoms with E-state index in [4.69, 9.17) is 4.74 Å². The van der Waals surface area contributed by atoms with Crippen LogP contribution in [0.15, 0.2) is 83.8 Å². The molecular weight excluding hydrogens is 603 g/mol. The molecule has 1 atom stereocenters. The Morgan fingerprint density at radius 3 is 2.16 bits per heavy atom. The number of amides is 3. The Morgan fingerprint density at radius 2 is 1.48 bits per heavy atom. The second-order valence-electron chi connectivity index (χ2n) is 9.38. The molecule has 1 heterocycles. The molecule has 0 saturated carbocycles. The zero-order valence-corrected chi connectivity index (χ0v) is 25.6. The first-order valence-electron chi connectivity index (χ1n) is 13.5. The number of aromatic carboxylic acids is 1. The summed E-state index contributed by atoms with van der Waals surface area (Å²) in [6, 6.07) is 21.6. The van der Waals surface area contributed by atoms with Gasteiger partial charge in [-0.1, -0.05) is 36.4 Å². The summed E-state index contributed by atoms with van der Waals surface area (Å²) in [4.78, 5) is 64.4. The lowest BCUT2D eigenvalue weighted by atomic mass is 10.1. The second-order valence-corrected chi connectivity index (χ2v) is 11.8. The normalized spacial score (nSPS) is 11.2. The average molecular weight is 632 g/mol. The molecule has 44 heavy (non-hydrogen) atoms. The molecule has 10 nitrogen and oxygen atoms in total. The molecule has 3 amide bonds. The number of ether oxygens (including phenoxy) is 1. The molecule has 0 aliphatic heterocycles. The first-order valence-corrected chi connectivity index (χ1v) is 15.2. The topological polar surface area (TPSA) is 151 Å². The van der Waals surface area contributed by atoms with Crippen LogP contribution in [0.1, 0.15) is 60.2 Å². The number of anilines is 3. The van der Waals surface area contributed by atoms with Gasteiger partial charge in [0.15, 0.2) is 0 Å². The van der Waals surface area contributed by atoms with Gasteiger partial charge in [-0.3, -0.25) is 14.4 Å². The van der Waals surface area contributed by atoms with Crippen LogP contribution >= 0.6 is 23.1 Å². The lowest BCUT2D eigenvalue weighted by molar-refractivity contribution is -0.115. The number of benzene rings is 3. The largest absolute Gasteiger partial charge is 0.478 e. The van der Waals surface area contributed by atoms with Gasteiger partial charge in [-0.2, -0.15) is 0 Å². The van der Waals surface area contributed by atoms with Gasteiger partial charge in [0.25, 0.3) is 11.8 Å². The molecule has 0 radical (unpaired) electrons. The summed E-state index contributed by atoms with van der Waals surface area (Å²) in [7, 11) is 0. The summed E-state index contributed by atoms with van der Waals surface area (Å²) in [5.74, 6) is -3.28. The molecule has 226 valence electrons. The van der Waals surface area contributed by atoms with E-state index < -0.39 is 34.9 Å². The Hall–Kier alpha value is -4.94. The minimum absolute atomic E-state index is 0.0197. The van der Waals surface area contributed by atoms with Crippen LogP contribution in [0.3, 0.4) is 0 Å². The highest BCUT2D eigenvalue weighted by atomic mass is 32.2. The Bertz CT molecular complexity index is 1720. The highest BCUT2D eigenvalue weighted by Gasteiger charge is 2.28. The molecule has 4 aromatic rings. The Balaban J connectivity index is 1.49. The van der Waals surface area contributed by atoms with Gasteiger partial charge in [0, 0.05) is 16.3 Å². The minimum atomic E-state index is -1.21. The van der Waals surface area contributed by atoms with Crippen LogP contribution in [-0.2, 0) is 9.53 Å². The van der Waals surface area contributed by atoms with Gasteiger partial charge in [-0.05, 0) is 68.8 Å². The lowest BCUT2D eigenvalue weighted by Gasteiger charge is -2.13. The Labute approximate surface area is 261 Å². The molecule has 0 bridgehead atoms. The van der Waals surface area contributed by atoms with E-state index in [-0.39, 0.29) is 33.2 Å². The van der Waals surface area contributed by atoms with Crippen molar-refractivity contribution in [1.29, 1.82) is 0 Å². The van der Waals surface area contributed by atoms with Gasteiger partial charge in [-0.15, -0.1) is 23.1 Å². The van der Waals surface area contributed by atoms with Crippen LogP contribution in [0.5, 0.6) is 0 Å². The fraction of sp³-hybridized carbons (Fsp3) is 0.156. The van der Waals surface area contributed by atoms with Crippen molar-refractivity contribution in [2.75, 3.05) is 22.6 Å². The van der Waals surface area contributed by atoms with E-state index in [1.54, 1.807) is 75.4 Å². The molecule has 12 heteroatoms. The predicted octanol–water partition coefficient (Wildman–Crippen LogP) is 6.56. The van der Waals surface area contributed by atoms with Gasteiger partial charge in [0.05, 0.1) is 33.4 Å². The van der Waals surface area contributed by atoms with Gasteiger partial charge in [0.2, 0.25) is 5.91 Å². The fourth-order valence-corrected chi connectivity index (χ4v) is 6.18. The first-order chi connectivity index (χ1) is 21.1. The number of esters is 1. The number of carbonyl (C=O) groups excluding carboxylic acids is 4. The molecule has 1 unspecified atom stereocenters. The third-order valence-electron chi connectivity index (χ3n) is 6.28. The molecule has 0 saturated heterocycles. The third-order valence-corrected chi connectivity index (χ3v) is 8.58. The van der Waals surface area contributed by atoms with Gasteiger partial charge in [-0.25, -0.2) is 9.59 Å². The highest BCUT2D eigenvalue weighted by Crippen LogP contribution is 2.35. The number of carbonyl (C=O) groups is 5. The summed E-state index contributed by atoms with van der Waals surface area (Å²) < 4.78 is 5.21.